The highest BCUT2D eigenvalue weighted by Gasteiger charge is 2.16. The van der Waals surface area contributed by atoms with Crippen molar-refractivity contribution in [2.24, 2.45) is 0 Å². The van der Waals surface area contributed by atoms with Crippen LogP contribution in [0.1, 0.15) is 35.3 Å². The van der Waals surface area contributed by atoms with Gasteiger partial charge in [-0.15, -0.1) is 0 Å². The Labute approximate surface area is 123 Å². The summed E-state index contributed by atoms with van der Waals surface area (Å²) in [6.07, 6.45) is 0.802. The molecule has 2 rings (SSSR count). The molecule has 104 valence electrons. The zero-order valence-electron chi connectivity index (χ0n) is 11.3. The minimum absolute atomic E-state index is 0.0397. The molecule has 2 aromatic carbocycles. The van der Waals surface area contributed by atoms with Gasteiger partial charge in [0.05, 0.1) is 11.6 Å². The number of nitrogen functional groups attached to an aromatic ring is 1. The summed E-state index contributed by atoms with van der Waals surface area (Å²) in [6.45, 7) is 2.03. The number of rotatable bonds is 4. The molecule has 0 aliphatic heterocycles. The minimum Gasteiger partial charge on any atom is -0.398 e. The maximum atomic E-state index is 12.3. The quantitative estimate of drug-likeness (QED) is 0.841. The highest BCUT2D eigenvalue weighted by atomic mass is 35.5. The lowest BCUT2D eigenvalue weighted by Gasteiger charge is -2.18. The van der Waals surface area contributed by atoms with Crippen LogP contribution in [-0.4, -0.2) is 5.91 Å². The predicted octanol–water partition coefficient (Wildman–Crippen LogP) is 3.80. The number of hydrogen-bond acceptors (Lipinski definition) is 2. The molecule has 0 saturated carbocycles. The van der Waals surface area contributed by atoms with Gasteiger partial charge in [0.1, 0.15) is 0 Å². The molecule has 0 spiro atoms. The van der Waals surface area contributed by atoms with Crippen molar-refractivity contribution in [2.75, 3.05) is 5.73 Å². The van der Waals surface area contributed by atoms with E-state index in [4.69, 9.17) is 17.3 Å². The molecule has 1 amide bonds. The topological polar surface area (TPSA) is 55.1 Å². The molecule has 0 fully saturated rings. The second-order valence-corrected chi connectivity index (χ2v) is 5.01. The molecule has 1 unspecified atom stereocenters. The first-order valence-electron chi connectivity index (χ1n) is 6.52. The number of amides is 1. The number of hydrogen-bond donors (Lipinski definition) is 2. The van der Waals surface area contributed by atoms with Crippen molar-refractivity contribution < 1.29 is 4.79 Å². The molecule has 3 N–H and O–H groups in total. The van der Waals surface area contributed by atoms with E-state index in [1.54, 1.807) is 18.2 Å². The number of halogens is 1. The average molecular weight is 289 g/mol. The van der Waals surface area contributed by atoms with Crippen molar-refractivity contribution in [1.29, 1.82) is 0 Å². The lowest BCUT2D eigenvalue weighted by molar-refractivity contribution is 0.0936. The van der Waals surface area contributed by atoms with Crippen molar-refractivity contribution in [1.82, 2.24) is 5.32 Å². The third-order valence-corrected chi connectivity index (χ3v) is 3.41. The van der Waals surface area contributed by atoms with Gasteiger partial charge in [-0.3, -0.25) is 4.79 Å². The summed E-state index contributed by atoms with van der Waals surface area (Å²) in [5, 5.41) is 3.49. The molecule has 3 nitrogen and oxygen atoms in total. The Balaban J connectivity index is 2.20. The monoisotopic (exact) mass is 288 g/mol. The molecule has 0 heterocycles. The van der Waals surface area contributed by atoms with Crippen LogP contribution in [-0.2, 0) is 0 Å². The van der Waals surface area contributed by atoms with Gasteiger partial charge in [-0.2, -0.15) is 0 Å². The largest absolute Gasteiger partial charge is 0.398 e. The SMILES string of the molecule is CCC(NC(=O)c1cc(Cl)ccc1N)c1ccccc1. The maximum Gasteiger partial charge on any atom is 0.253 e. The molecule has 0 radical (unpaired) electrons. The Hall–Kier alpha value is -2.00. The number of benzene rings is 2. The summed E-state index contributed by atoms with van der Waals surface area (Å²) in [6, 6.07) is 14.7. The first-order valence-corrected chi connectivity index (χ1v) is 6.90. The molecule has 4 heteroatoms. The van der Waals surface area contributed by atoms with E-state index in [0.29, 0.717) is 16.3 Å². The molecule has 0 aliphatic carbocycles. The summed E-state index contributed by atoms with van der Waals surface area (Å²) in [5.74, 6) is -0.208. The zero-order chi connectivity index (χ0) is 14.5. The third kappa shape index (κ3) is 3.31. The van der Waals surface area contributed by atoms with Crippen LogP contribution in [0.4, 0.5) is 5.69 Å². The van der Waals surface area contributed by atoms with Crippen LogP contribution in [0.5, 0.6) is 0 Å². The Morgan fingerprint density at radius 3 is 2.60 bits per heavy atom. The lowest BCUT2D eigenvalue weighted by atomic mass is 10.0. The second kappa shape index (κ2) is 6.44. The fourth-order valence-electron chi connectivity index (χ4n) is 2.07. The van der Waals surface area contributed by atoms with Crippen molar-refractivity contribution in [3.05, 3.63) is 64.7 Å². The van der Waals surface area contributed by atoms with E-state index in [1.807, 2.05) is 37.3 Å². The smallest absolute Gasteiger partial charge is 0.253 e. The number of carbonyl (C=O) groups excluding carboxylic acids is 1. The van der Waals surface area contributed by atoms with Crippen molar-refractivity contribution >= 4 is 23.2 Å². The summed E-state index contributed by atoms with van der Waals surface area (Å²) < 4.78 is 0. The third-order valence-electron chi connectivity index (χ3n) is 3.18. The first kappa shape index (κ1) is 14.4. The van der Waals surface area contributed by atoms with E-state index < -0.39 is 0 Å². The number of carbonyl (C=O) groups is 1. The fourth-order valence-corrected chi connectivity index (χ4v) is 2.24. The minimum atomic E-state index is -0.208. The Bertz CT molecular complexity index is 599. The van der Waals surface area contributed by atoms with Crippen LogP contribution in [0.3, 0.4) is 0 Å². The highest BCUT2D eigenvalue weighted by Crippen LogP contribution is 2.21. The van der Waals surface area contributed by atoms with Crippen LogP contribution >= 0.6 is 11.6 Å². The van der Waals surface area contributed by atoms with Crippen LogP contribution in [0.25, 0.3) is 0 Å². The molecule has 0 aliphatic rings. The van der Waals surface area contributed by atoms with E-state index in [9.17, 15) is 4.79 Å². The van der Waals surface area contributed by atoms with Gasteiger partial charge in [0.2, 0.25) is 0 Å². The van der Waals surface area contributed by atoms with Gasteiger partial charge in [-0.25, -0.2) is 0 Å². The van der Waals surface area contributed by atoms with Gasteiger partial charge < -0.3 is 11.1 Å². The molecule has 0 aromatic heterocycles. The van der Waals surface area contributed by atoms with E-state index in [1.165, 1.54) is 0 Å². The second-order valence-electron chi connectivity index (χ2n) is 4.58. The number of anilines is 1. The van der Waals surface area contributed by atoms with Crippen LogP contribution in [0.15, 0.2) is 48.5 Å². The van der Waals surface area contributed by atoms with E-state index >= 15 is 0 Å². The standard InChI is InChI=1S/C16H17ClN2O/c1-2-15(11-6-4-3-5-7-11)19-16(20)13-10-12(17)8-9-14(13)18/h3-10,15H,2,18H2,1H3,(H,19,20). The van der Waals surface area contributed by atoms with Gasteiger partial charge in [0.15, 0.2) is 0 Å². The summed E-state index contributed by atoms with van der Waals surface area (Å²) in [4.78, 5) is 12.3. The predicted molar refractivity (Wildman–Crippen MR) is 82.8 cm³/mol. The van der Waals surface area contributed by atoms with Gasteiger partial charge in [-0.05, 0) is 30.2 Å². The van der Waals surface area contributed by atoms with E-state index in [0.717, 1.165) is 12.0 Å². The number of nitrogens with two attached hydrogens (primary N) is 1. The van der Waals surface area contributed by atoms with E-state index in [2.05, 4.69) is 5.32 Å². The lowest BCUT2D eigenvalue weighted by Crippen LogP contribution is -2.28. The summed E-state index contributed by atoms with van der Waals surface area (Å²) in [5.41, 5.74) is 7.73. The van der Waals surface area contributed by atoms with Gasteiger partial charge in [0, 0.05) is 10.7 Å². The van der Waals surface area contributed by atoms with Crippen LogP contribution in [0.2, 0.25) is 5.02 Å². The van der Waals surface area contributed by atoms with Crippen LogP contribution in [0, 0.1) is 0 Å². The Kier molecular flexibility index (Phi) is 4.64. The van der Waals surface area contributed by atoms with Crippen molar-refractivity contribution in [3.8, 4) is 0 Å². The van der Waals surface area contributed by atoms with Gasteiger partial charge >= 0.3 is 0 Å². The molecule has 0 saturated heterocycles. The fraction of sp³-hybridized carbons (Fsp3) is 0.188. The molecular formula is C16H17ClN2O. The Morgan fingerprint density at radius 2 is 1.95 bits per heavy atom. The molecule has 20 heavy (non-hydrogen) atoms. The van der Waals surface area contributed by atoms with Gasteiger partial charge in [-0.1, -0.05) is 48.9 Å². The highest BCUT2D eigenvalue weighted by molar-refractivity contribution is 6.31. The van der Waals surface area contributed by atoms with Crippen molar-refractivity contribution in [3.63, 3.8) is 0 Å². The first-order chi connectivity index (χ1) is 9.61. The maximum absolute atomic E-state index is 12.3. The Morgan fingerprint density at radius 1 is 1.25 bits per heavy atom. The molecule has 2 aromatic rings. The molecular weight excluding hydrogens is 272 g/mol. The molecule has 1 atom stereocenters. The molecule has 0 bridgehead atoms. The van der Waals surface area contributed by atoms with Crippen molar-refractivity contribution in [2.45, 2.75) is 19.4 Å². The average Bonchev–Trinajstić information content (AvgIpc) is 2.48. The number of nitrogens with one attached hydrogen (secondary N) is 1. The van der Waals surface area contributed by atoms with Gasteiger partial charge in [0.25, 0.3) is 5.91 Å². The normalized spacial score (nSPS) is 11.9. The van der Waals surface area contributed by atoms with Crippen LogP contribution < -0.4 is 11.1 Å². The zero-order valence-corrected chi connectivity index (χ0v) is 12.0. The van der Waals surface area contributed by atoms with E-state index in [-0.39, 0.29) is 11.9 Å². The summed E-state index contributed by atoms with van der Waals surface area (Å²) in [7, 11) is 0. The summed E-state index contributed by atoms with van der Waals surface area (Å²) >= 11 is 5.91.